The van der Waals surface area contributed by atoms with E-state index in [0.717, 1.165) is 12.1 Å². The van der Waals surface area contributed by atoms with E-state index in [-0.39, 0.29) is 19.0 Å². The Morgan fingerprint density at radius 3 is 2.61 bits per heavy atom. The minimum absolute atomic E-state index is 0.183. The fourth-order valence-corrected chi connectivity index (χ4v) is 3.65. The molecule has 6 nitrogen and oxygen atoms in total. The molecular formula is C22H19F3N4O2. The number of nitrogens with zero attached hydrogens (tertiary/aromatic N) is 3. The Morgan fingerprint density at radius 1 is 1.19 bits per heavy atom. The molecule has 4 rings (SSSR count). The summed E-state index contributed by atoms with van der Waals surface area (Å²) in [5.74, 6) is 0.205. The summed E-state index contributed by atoms with van der Waals surface area (Å²) in [4.78, 5) is 22.2. The third-order valence-corrected chi connectivity index (χ3v) is 5.26. The number of hydrogen-bond acceptors (Lipinski definition) is 5. The highest BCUT2D eigenvalue weighted by molar-refractivity contribution is 5.99. The van der Waals surface area contributed by atoms with Crippen LogP contribution in [0.1, 0.15) is 5.56 Å². The molecule has 1 aliphatic rings. The van der Waals surface area contributed by atoms with E-state index in [9.17, 15) is 23.1 Å². The molecular weight excluding hydrogens is 409 g/mol. The number of hydrogen-bond donors (Lipinski definition) is 2. The third kappa shape index (κ3) is 4.09. The highest BCUT2D eigenvalue weighted by atomic mass is 19.4. The number of anilines is 1. The lowest BCUT2D eigenvalue weighted by atomic mass is 10.0. The van der Waals surface area contributed by atoms with Crippen molar-refractivity contribution in [1.29, 1.82) is 0 Å². The maximum absolute atomic E-state index is 12.9. The molecule has 2 atom stereocenters. The Balaban J connectivity index is 1.66. The number of amides is 1. The Labute approximate surface area is 176 Å². The second-order valence-electron chi connectivity index (χ2n) is 7.26. The number of likely N-dealkylation sites (tertiary alicyclic amines) is 1. The molecule has 0 radical (unpaired) electrons. The van der Waals surface area contributed by atoms with E-state index in [0.29, 0.717) is 27.8 Å². The number of aromatic nitrogens is 2. The van der Waals surface area contributed by atoms with Crippen molar-refractivity contribution < 1.29 is 23.1 Å². The zero-order chi connectivity index (χ0) is 22.2. The van der Waals surface area contributed by atoms with Crippen LogP contribution in [0.15, 0.2) is 61.4 Å². The fraction of sp³-hybridized carbons (Fsp3) is 0.227. The van der Waals surface area contributed by atoms with Crippen LogP contribution in [0.3, 0.4) is 0 Å². The van der Waals surface area contributed by atoms with Gasteiger partial charge in [0.05, 0.1) is 23.2 Å². The first-order chi connectivity index (χ1) is 14.8. The molecule has 1 amide bonds. The third-order valence-electron chi connectivity index (χ3n) is 5.26. The van der Waals surface area contributed by atoms with Gasteiger partial charge in [0.2, 0.25) is 5.91 Å². The molecule has 1 fully saturated rings. The number of aliphatic hydroxyl groups is 1. The molecule has 0 saturated carbocycles. The van der Waals surface area contributed by atoms with E-state index in [4.69, 9.17) is 0 Å². The van der Waals surface area contributed by atoms with Gasteiger partial charge >= 0.3 is 6.18 Å². The lowest BCUT2D eigenvalue weighted by molar-refractivity contribution is -0.137. The molecule has 0 spiro atoms. The van der Waals surface area contributed by atoms with Crippen molar-refractivity contribution in [2.45, 2.75) is 18.3 Å². The summed E-state index contributed by atoms with van der Waals surface area (Å²) in [6, 6.07) is 7.91. The molecule has 0 bridgehead atoms. The fourth-order valence-electron chi connectivity index (χ4n) is 3.65. The van der Waals surface area contributed by atoms with Crippen LogP contribution in [-0.2, 0) is 11.0 Å². The van der Waals surface area contributed by atoms with E-state index in [1.807, 2.05) is 0 Å². The number of carbonyl (C=O) groups is 1. The summed E-state index contributed by atoms with van der Waals surface area (Å²) >= 11 is 0. The van der Waals surface area contributed by atoms with Crippen LogP contribution in [0.25, 0.3) is 22.0 Å². The van der Waals surface area contributed by atoms with Gasteiger partial charge in [-0.1, -0.05) is 18.7 Å². The molecule has 160 valence electrons. The maximum Gasteiger partial charge on any atom is 0.416 e. The number of benzene rings is 1. The predicted molar refractivity (Wildman–Crippen MR) is 110 cm³/mol. The maximum atomic E-state index is 12.9. The number of halogens is 3. The van der Waals surface area contributed by atoms with Gasteiger partial charge in [0.25, 0.3) is 0 Å². The molecule has 3 heterocycles. The van der Waals surface area contributed by atoms with Crippen molar-refractivity contribution in [1.82, 2.24) is 14.9 Å². The van der Waals surface area contributed by atoms with E-state index in [1.165, 1.54) is 29.3 Å². The summed E-state index contributed by atoms with van der Waals surface area (Å²) in [7, 11) is 0. The Morgan fingerprint density at radius 2 is 1.94 bits per heavy atom. The summed E-state index contributed by atoms with van der Waals surface area (Å²) in [5.41, 5.74) is 0.976. The van der Waals surface area contributed by atoms with Gasteiger partial charge in [-0.05, 0) is 35.9 Å². The SMILES string of the molecule is C=CC(=O)N1C[C@H](O)[C@H](Nc2ncc(-c3ccc(C(F)(F)F)cc3)c3ncccc23)C1. The van der Waals surface area contributed by atoms with Crippen LogP contribution >= 0.6 is 0 Å². The van der Waals surface area contributed by atoms with Gasteiger partial charge < -0.3 is 15.3 Å². The molecule has 0 aliphatic carbocycles. The van der Waals surface area contributed by atoms with Gasteiger partial charge in [0.15, 0.2) is 0 Å². The Kier molecular flexibility index (Phi) is 5.36. The minimum Gasteiger partial charge on any atom is -0.389 e. The summed E-state index contributed by atoms with van der Waals surface area (Å²) in [6.07, 6.45) is -0.866. The zero-order valence-electron chi connectivity index (χ0n) is 16.3. The monoisotopic (exact) mass is 428 g/mol. The first-order valence-corrected chi connectivity index (χ1v) is 9.55. The normalized spacial score (nSPS) is 18.9. The molecule has 2 aromatic heterocycles. The molecule has 0 unspecified atom stereocenters. The van der Waals surface area contributed by atoms with Gasteiger partial charge in [0.1, 0.15) is 5.82 Å². The number of nitrogens with one attached hydrogen (secondary N) is 1. The lowest BCUT2D eigenvalue weighted by Gasteiger charge is -2.18. The first-order valence-electron chi connectivity index (χ1n) is 9.55. The molecule has 1 aromatic carbocycles. The highest BCUT2D eigenvalue weighted by Gasteiger charge is 2.34. The summed E-state index contributed by atoms with van der Waals surface area (Å²) < 4.78 is 38.6. The van der Waals surface area contributed by atoms with Gasteiger partial charge in [-0.3, -0.25) is 9.78 Å². The molecule has 9 heteroatoms. The number of pyridine rings is 2. The molecule has 1 saturated heterocycles. The van der Waals surface area contributed by atoms with Gasteiger partial charge in [-0.25, -0.2) is 4.98 Å². The molecule has 2 N–H and O–H groups in total. The first kappa shape index (κ1) is 20.8. The van der Waals surface area contributed by atoms with E-state index < -0.39 is 23.9 Å². The van der Waals surface area contributed by atoms with Gasteiger partial charge in [-0.2, -0.15) is 13.2 Å². The average molecular weight is 428 g/mol. The van der Waals surface area contributed by atoms with Crippen molar-refractivity contribution in [3.05, 3.63) is 67.0 Å². The number of carbonyl (C=O) groups excluding carboxylic acids is 1. The van der Waals surface area contributed by atoms with E-state index in [2.05, 4.69) is 21.9 Å². The van der Waals surface area contributed by atoms with Crippen LogP contribution < -0.4 is 5.32 Å². The number of rotatable bonds is 4. The van der Waals surface area contributed by atoms with Crippen molar-refractivity contribution in [3.63, 3.8) is 0 Å². The lowest BCUT2D eigenvalue weighted by Crippen LogP contribution is -2.33. The Bertz CT molecular complexity index is 1130. The van der Waals surface area contributed by atoms with Crippen LogP contribution in [-0.4, -0.2) is 51.1 Å². The number of β-amino-alcohol motifs (C(OH)–C–C–N with tert-alkyl or cyclic N) is 1. The predicted octanol–water partition coefficient (Wildman–Crippen LogP) is 3.49. The van der Waals surface area contributed by atoms with Crippen LogP contribution in [0.2, 0.25) is 0 Å². The second-order valence-corrected chi connectivity index (χ2v) is 7.26. The second kappa shape index (κ2) is 7.99. The van der Waals surface area contributed by atoms with Crippen LogP contribution in [0.4, 0.5) is 19.0 Å². The minimum atomic E-state index is -4.41. The largest absolute Gasteiger partial charge is 0.416 e. The number of alkyl halides is 3. The zero-order valence-corrected chi connectivity index (χ0v) is 16.3. The van der Waals surface area contributed by atoms with Crippen molar-refractivity contribution in [2.24, 2.45) is 0 Å². The molecule has 3 aromatic rings. The standard InChI is InChI=1S/C22H19F3N4O2/c1-2-19(31)29-11-17(18(30)12-29)28-21-15-4-3-9-26-20(15)16(10-27-21)13-5-7-14(8-6-13)22(23,24)25/h2-10,17-18,30H,1,11-12H2,(H,27,28)/t17-,18+/m1/s1. The van der Waals surface area contributed by atoms with Crippen molar-refractivity contribution >= 4 is 22.6 Å². The van der Waals surface area contributed by atoms with Gasteiger partial charge in [-0.15, -0.1) is 0 Å². The smallest absolute Gasteiger partial charge is 0.389 e. The van der Waals surface area contributed by atoms with E-state index >= 15 is 0 Å². The topological polar surface area (TPSA) is 78.4 Å². The highest BCUT2D eigenvalue weighted by Crippen LogP contribution is 2.34. The molecule has 31 heavy (non-hydrogen) atoms. The van der Waals surface area contributed by atoms with Crippen LogP contribution in [0, 0.1) is 0 Å². The summed E-state index contributed by atoms with van der Waals surface area (Å²) in [6.45, 7) is 3.93. The quantitative estimate of drug-likeness (QED) is 0.622. The van der Waals surface area contributed by atoms with Crippen molar-refractivity contribution in [2.75, 3.05) is 18.4 Å². The van der Waals surface area contributed by atoms with Crippen LogP contribution in [0.5, 0.6) is 0 Å². The molecule has 1 aliphatic heterocycles. The van der Waals surface area contributed by atoms with Crippen molar-refractivity contribution in [3.8, 4) is 11.1 Å². The average Bonchev–Trinajstić information content (AvgIpc) is 3.13. The number of fused-ring (bicyclic) bond motifs is 1. The summed E-state index contributed by atoms with van der Waals surface area (Å²) in [5, 5.41) is 14.2. The van der Waals surface area contributed by atoms with Gasteiger partial charge in [0, 0.05) is 36.4 Å². The number of aliphatic hydroxyl groups excluding tert-OH is 1. The Hall–Kier alpha value is -3.46. The van der Waals surface area contributed by atoms with E-state index in [1.54, 1.807) is 18.3 Å².